The van der Waals surface area contributed by atoms with Crippen molar-refractivity contribution in [1.29, 1.82) is 0 Å². The van der Waals surface area contributed by atoms with Gasteiger partial charge >= 0.3 is 6.09 Å². The van der Waals surface area contributed by atoms with E-state index >= 15 is 0 Å². The molecule has 162 valence electrons. The fraction of sp³-hybridized carbons (Fsp3) is 0.500. The highest BCUT2D eigenvalue weighted by Crippen LogP contribution is 2.24. The normalized spacial score (nSPS) is 16.2. The standard InChI is InChI=1S/C20H27N5O4S/c1-4-29-20(27)21-15-6-5-11-24(12-15)18(26)13-30-19-23-22-14(2)25(19)16-7-9-17(28-3)10-8-16/h7-10,15H,4-6,11-13H2,1-3H3,(H,21,27). The third-order valence-electron chi connectivity index (χ3n) is 4.82. The van der Waals surface area contributed by atoms with Gasteiger partial charge in [-0.2, -0.15) is 0 Å². The van der Waals surface area contributed by atoms with Gasteiger partial charge in [0.1, 0.15) is 11.6 Å². The van der Waals surface area contributed by atoms with Crippen molar-refractivity contribution >= 4 is 23.8 Å². The molecule has 1 N–H and O–H groups in total. The Kier molecular flexibility index (Phi) is 7.56. The lowest BCUT2D eigenvalue weighted by Gasteiger charge is -2.32. The highest BCUT2D eigenvalue weighted by atomic mass is 32.2. The number of carbonyl (C=O) groups is 2. The predicted octanol–water partition coefficient (Wildman–Crippen LogP) is 2.41. The van der Waals surface area contributed by atoms with E-state index in [0.29, 0.717) is 24.9 Å². The van der Waals surface area contributed by atoms with E-state index in [0.717, 1.165) is 30.1 Å². The van der Waals surface area contributed by atoms with Crippen molar-refractivity contribution in [2.24, 2.45) is 0 Å². The van der Waals surface area contributed by atoms with Gasteiger partial charge in [-0.1, -0.05) is 11.8 Å². The molecular weight excluding hydrogens is 406 g/mol. The number of ether oxygens (including phenoxy) is 2. The van der Waals surface area contributed by atoms with E-state index < -0.39 is 6.09 Å². The van der Waals surface area contributed by atoms with Crippen molar-refractivity contribution in [3.05, 3.63) is 30.1 Å². The predicted molar refractivity (Wildman–Crippen MR) is 113 cm³/mol. The summed E-state index contributed by atoms with van der Waals surface area (Å²) in [4.78, 5) is 26.2. The maximum atomic E-state index is 12.8. The highest BCUT2D eigenvalue weighted by molar-refractivity contribution is 7.99. The molecule has 2 amide bonds. The minimum Gasteiger partial charge on any atom is -0.497 e. The number of hydrogen-bond acceptors (Lipinski definition) is 7. The van der Waals surface area contributed by atoms with Crippen molar-refractivity contribution in [1.82, 2.24) is 25.0 Å². The van der Waals surface area contributed by atoms with Crippen LogP contribution in [0, 0.1) is 6.92 Å². The Hall–Kier alpha value is -2.75. The smallest absolute Gasteiger partial charge is 0.407 e. The van der Waals surface area contributed by atoms with E-state index in [-0.39, 0.29) is 17.7 Å². The molecule has 0 bridgehead atoms. The molecule has 1 aliphatic rings. The van der Waals surface area contributed by atoms with Gasteiger partial charge < -0.3 is 19.7 Å². The summed E-state index contributed by atoms with van der Waals surface area (Å²) < 4.78 is 12.1. The lowest BCUT2D eigenvalue weighted by Crippen LogP contribution is -2.50. The molecule has 0 radical (unpaired) electrons. The number of nitrogens with zero attached hydrogens (tertiary/aromatic N) is 4. The van der Waals surface area contributed by atoms with E-state index in [1.54, 1.807) is 18.9 Å². The van der Waals surface area contributed by atoms with Gasteiger partial charge in [-0.3, -0.25) is 9.36 Å². The molecule has 1 aromatic carbocycles. The first-order chi connectivity index (χ1) is 14.5. The monoisotopic (exact) mass is 433 g/mol. The average molecular weight is 434 g/mol. The number of piperidine rings is 1. The number of carbonyl (C=O) groups excluding carboxylic acids is 2. The topological polar surface area (TPSA) is 98.6 Å². The van der Waals surface area contributed by atoms with Gasteiger partial charge in [-0.15, -0.1) is 10.2 Å². The Balaban J connectivity index is 1.60. The van der Waals surface area contributed by atoms with Gasteiger partial charge in [0.25, 0.3) is 0 Å². The molecule has 10 heteroatoms. The number of benzene rings is 1. The lowest BCUT2D eigenvalue weighted by atomic mass is 10.1. The van der Waals surface area contributed by atoms with Crippen LogP contribution >= 0.6 is 11.8 Å². The Labute approximate surface area is 180 Å². The van der Waals surface area contributed by atoms with Crippen LogP contribution in [0.1, 0.15) is 25.6 Å². The summed E-state index contributed by atoms with van der Waals surface area (Å²) in [6, 6.07) is 7.52. The Morgan fingerprint density at radius 2 is 2.03 bits per heavy atom. The van der Waals surface area contributed by atoms with E-state index in [4.69, 9.17) is 9.47 Å². The summed E-state index contributed by atoms with van der Waals surface area (Å²) in [7, 11) is 1.62. The summed E-state index contributed by atoms with van der Waals surface area (Å²) >= 11 is 1.35. The number of aromatic nitrogens is 3. The van der Waals surface area contributed by atoms with Crippen LogP contribution in [-0.4, -0.2) is 70.3 Å². The number of methoxy groups -OCH3 is 1. The lowest BCUT2D eigenvalue weighted by molar-refractivity contribution is -0.129. The minimum atomic E-state index is -0.436. The van der Waals surface area contributed by atoms with Crippen LogP contribution < -0.4 is 10.1 Å². The van der Waals surface area contributed by atoms with Gasteiger partial charge in [0, 0.05) is 24.8 Å². The second-order valence-corrected chi connectivity index (χ2v) is 7.84. The molecule has 9 nitrogen and oxygen atoms in total. The number of aryl methyl sites for hydroxylation is 1. The van der Waals surface area contributed by atoms with E-state index in [1.165, 1.54) is 11.8 Å². The first kappa shape index (κ1) is 21.9. The zero-order valence-electron chi connectivity index (χ0n) is 17.5. The van der Waals surface area contributed by atoms with Crippen LogP contribution in [-0.2, 0) is 9.53 Å². The molecule has 1 aliphatic heterocycles. The zero-order valence-corrected chi connectivity index (χ0v) is 18.3. The molecular formula is C20H27N5O4S. The molecule has 1 unspecified atom stereocenters. The van der Waals surface area contributed by atoms with Gasteiger partial charge in [0.15, 0.2) is 5.16 Å². The van der Waals surface area contributed by atoms with Gasteiger partial charge in [0.05, 0.1) is 19.5 Å². The second kappa shape index (κ2) is 10.3. The molecule has 0 spiro atoms. The number of likely N-dealkylation sites (tertiary alicyclic amines) is 1. The van der Waals surface area contributed by atoms with Gasteiger partial charge in [-0.25, -0.2) is 4.79 Å². The first-order valence-electron chi connectivity index (χ1n) is 9.92. The Morgan fingerprint density at radius 3 is 2.73 bits per heavy atom. The molecule has 2 aromatic rings. The molecule has 1 fully saturated rings. The summed E-state index contributed by atoms with van der Waals surface area (Å²) in [5.41, 5.74) is 0.907. The number of amides is 2. The average Bonchev–Trinajstić information content (AvgIpc) is 3.12. The van der Waals surface area contributed by atoms with Crippen molar-refractivity contribution in [2.45, 2.75) is 37.9 Å². The number of alkyl carbamates (subject to hydrolysis) is 1. The third kappa shape index (κ3) is 5.44. The highest BCUT2D eigenvalue weighted by Gasteiger charge is 2.25. The van der Waals surface area contributed by atoms with Crippen molar-refractivity contribution < 1.29 is 19.1 Å². The maximum absolute atomic E-state index is 12.8. The zero-order chi connectivity index (χ0) is 21.5. The minimum absolute atomic E-state index is 0.0114. The Bertz CT molecular complexity index is 871. The molecule has 1 saturated heterocycles. The third-order valence-corrected chi connectivity index (χ3v) is 5.74. The van der Waals surface area contributed by atoms with Crippen molar-refractivity contribution in [3.63, 3.8) is 0 Å². The van der Waals surface area contributed by atoms with E-state index in [1.807, 2.05) is 35.8 Å². The second-order valence-electron chi connectivity index (χ2n) is 6.90. The maximum Gasteiger partial charge on any atom is 0.407 e. The summed E-state index contributed by atoms with van der Waals surface area (Å²) in [6.45, 7) is 5.14. The van der Waals surface area contributed by atoms with E-state index in [2.05, 4.69) is 15.5 Å². The van der Waals surface area contributed by atoms with Crippen LogP contribution in [0.5, 0.6) is 5.75 Å². The number of rotatable bonds is 7. The molecule has 0 aliphatic carbocycles. The van der Waals surface area contributed by atoms with Gasteiger partial charge in [-0.05, 0) is 51.0 Å². The summed E-state index contributed by atoms with van der Waals surface area (Å²) in [6.07, 6.45) is 1.24. The molecule has 3 rings (SSSR count). The van der Waals surface area contributed by atoms with Crippen LogP contribution in [0.3, 0.4) is 0 Å². The largest absolute Gasteiger partial charge is 0.497 e. The molecule has 2 heterocycles. The fourth-order valence-electron chi connectivity index (χ4n) is 3.34. The summed E-state index contributed by atoms with van der Waals surface area (Å²) in [5.74, 6) is 1.77. The molecule has 1 atom stereocenters. The van der Waals surface area contributed by atoms with Crippen LogP contribution in [0.2, 0.25) is 0 Å². The quantitative estimate of drug-likeness (QED) is 0.670. The molecule has 30 heavy (non-hydrogen) atoms. The van der Waals surface area contributed by atoms with Crippen LogP contribution in [0.15, 0.2) is 29.4 Å². The molecule has 0 saturated carbocycles. The number of hydrogen-bond donors (Lipinski definition) is 1. The Morgan fingerprint density at radius 1 is 1.27 bits per heavy atom. The van der Waals surface area contributed by atoms with Gasteiger partial charge in [0.2, 0.25) is 5.91 Å². The number of thioether (sulfide) groups is 1. The first-order valence-corrected chi connectivity index (χ1v) is 10.9. The molecule has 1 aromatic heterocycles. The van der Waals surface area contributed by atoms with Crippen molar-refractivity contribution in [3.8, 4) is 11.4 Å². The van der Waals surface area contributed by atoms with Crippen LogP contribution in [0.4, 0.5) is 4.79 Å². The fourth-order valence-corrected chi connectivity index (χ4v) is 4.24. The van der Waals surface area contributed by atoms with E-state index in [9.17, 15) is 9.59 Å². The van der Waals surface area contributed by atoms with Crippen LogP contribution in [0.25, 0.3) is 5.69 Å². The summed E-state index contributed by atoms with van der Waals surface area (Å²) in [5, 5.41) is 11.9. The SMILES string of the molecule is CCOC(=O)NC1CCCN(C(=O)CSc2nnc(C)n2-c2ccc(OC)cc2)C1. The van der Waals surface area contributed by atoms with Crippen molar-refractivity contribution in [2.75, 3.05) is 32.6 Å². The number of nitrogens with one attached hydrogen (secondary N) is 1.